The Hall–Kier alpha value is -3.11. The molecule has 1 atom stereocenters. The topological polar surface area (TPSA) is 90.5 Å². The van der Waals surface area contributed by atoms with E-state index in [4.69, 9.17) is 14.2 Å². The third-order valence-electron chi connectivity index (χ3n) is 4.38. The molecule has 7 heteroatoms. The highest BCUT2D eigenvalue weighted by atomic mass is 16.5. The van der Waals surface area contributed by atoms with E-state index in [-0.39, 0.29) is 24.8 Å². The highest BCUT2D eigenvalue weighted by Gasteiger charge is 2.54. The minimum absolute atomic E-state index is 0.0498. The Bertz CT molecular complexity index is 966. The van der Waals surface area contributed by atoms with Crippen LogP contribution in [-0.4, -0.2) is 30.0 Å². The van der Waals surface area contributed by atoms with Gasteiger partial charge in [-0.15, -0.1) is 0 Å². The van der Waals surface area contributed by atoms with Gasteiger partial charge in [0.2, 0.25) is 11.3 Å². The average Bonchev–Trinajstić information content (AvgIpc) is 2.96. The first kappa shape index (κ1) is 17.7. The molecule has 7 nitrogen and oxygen atoms in total. The smallest absolute Gasteiger partial charge is 0.336 e. The fourth-order valence-corrected chi connectivity index (χ4v) is 3.32. The number of aromatic nitrogens is 1. The van der Waals surface area contributed by atoms with Crippen LogP contribution in [-0.2, 0) is 31.2 Å². The van der Waals surface area contributed by atoms with Crippen molar-refractivity contribution < 1.29 is 23.8 Å². The Morgan fingerprint density at radius 2 is 2.08 bits per heavy atom. The molecule has 1 aromatic carbocycles. The number of benzene rings is 1. The zero-order chi connectivity index (χ0) is 18.9. The number of para-hydroxylation sites is 1. The van der Waals surface area contributed by atoms with Crippen LogP contribution in [0.1, 0.15) is 19.4 Å². The van der Waals surface area contributed by atoms with Crippen molar-refractivity contribution in [2.75, 3.05) is 13.7 Å². The molecule has 2 heterocycles. The number of rotatable bonds is 5. The molecule has 0 radical (unpaired) electrons. The van der Waals surface area contributed by atoms with Crippen molar-refractivity contribution in [2.24, 2.45) is 0 Å². The molecule has 1 unspecified atom stereocenters. The van der Waals surface area contributed by atoms with Crippen LogP contribution in [0, 0.1) is 11.3 Å². The summed E-state index contributed by atoms with van der Waals surface area (Å²) in [5.74, 6) is -0.949. The number of carbonyl (C=O) groups is 2. The second kappa shape index (κ2) is 6.65. The number of fused-ring (bicyclic) bond motifs is 3. The van der Waals surface area contributed by atoms with Crippen molar-refractivity contribution in [3.63, 3.8) is 0 Å². The second-order valence-corrected chi connectivity index (χ2v) is 5.83. The van der Waals surface area contributed by atoms with Crippen molar-refractivity contribution in [1.29, 1.82) is 5.26 Å². The van der Waals surface area contributed by atoms with Crippen LogP contribution < -0.4 is 4.74 Å². The van der Waals surface area contributed by atoms with Crippen LogP contribution in [0.25, 0.3) is 10.9 Å². The summed E-state index contributed by atoms with van der Waals surface area (Å²) in [7, 11) is 1.53. The number of ketones is 1. The molecule has 2 aromatic rings. The van der Waals surface area contributed by atoms with E-state index in [0.717, 1.165) is 11.8 Å². The summed E-state index contributed by atoms with van der Waals surface area (Å²) >= 11 is 0. The van der Waals surface area contributed by atoms with Gasteiger partial charge in [-0.1, -0.05) is 18.2 Å². The van der Waals surface area contributed by atoms with E-state index in [9.17, 15) is 14.9 Å². The molecule has 1 aliphatic rings. The van der Waals surface area contributed by atoms with Gasteiger partial charge in [-0.05, 0) is 19.9 Å². The number of methoxy groups -OCH3 is 1. The number of nitriles is 1. The normalized spacial score (nSPS) is 18.5. The molecule has 3 rings (SSSR count). The summed E-state index contributed by atoms with van der Waals surface area (Å²) in [6.07, 6.45) is 1.16. The Balaban J connectivity index is 2.43. The van der Waals surface area contributed by atoms with Crippen LogP contribution in [0.2, 0.25) is 0 Å². The molecular formula is C19H18N2O5. The van der Waals surface area contributed by atoms with Crippen LogP contribution in [0.5, 0.6) is 5.88 Å². The molecular weight excluding hydrogens is 336 g/mol. The lowest BCUT2D eigenvalue weighted by molar-refractivity contribution is -0.147. The van der Waals surface area contributed by atoms with Gasteiger partial charge in [0.15, 0.2) is 5.78 Å². The van der Waals surface area contributed by atoms with E-state index in [1.54, 1.807) is 23.6 Å². The van der Waals surface area contributed by atoms with Gasteiger partial charge in [0.05, 0.1) is 29.3 Å². The molecule has 134 valence electrons. The van der Waals surface area contributed by atoms with Gasteiger partial charge in [0, 0.05) is 12.5 Å². The molecule has 1 aromatic heterocycles. The number of hydrogen-bond donors (Lipinski definition) is 0. The third kappa shape index (κ3) is 2.30. The minimum atomic E-state index is -1.89. The van der Waals surface area contributed by atoms with Gasteiger partial charge in [-0.3, -0.25) is 9.36 Å². The zero-order valence-electron chi connectivity index (χ0n) is 14.7. The molecule has 0 saturated carbocycles. The standard InChI is InChI=1S/C19H18N2O5/c1-4-25-18(23)19(10-20)14(12(2)22)9-26-17-16(19)13-7-5-6-8-15(13)21(17)11-24-3/h5-9H,4,11H2,1-3H3. The van der Waals surface area contributed by atoms with Crippen molar-refractivity contribution in [1.82, 2.24) is 4.57 Å². The first-order chi connectivity index (χ1) is 12.5. The van der Waals surface area contributed by atoms with Crippen molar-refractivity contribution in [3.05, 3.63) is 41.7 Å². The molecule has 0 N–H and O–H groups in total. The van der Waals surface area contributed by atoms with Gasteiger partial charge in [0.1, 0.15) is 13.0 Å². The average molecular weight is 354 g/mol. The number of ether oxygens (including phenoxy) is 3. The van der Waals surface area contributed by atoms with E-state index >= 15 is 0 Å². The van der Waals surface area contributed by atoms with Gasteiger partial charge in [-0.25, -0.2) is 4.79 Å². The number of Topliss-reactive ketones (excluding diaryl/α,β-unsaturated/α-hetero) is 1. The maximum absolute atomic E-state index is 12.9. The lowest BCUT2D eigenvalue weighted by Gasteiger charge is -2.29. The van der Waals surface area contributed by atoms with Crippen molar-refractivity contribution in [2.45, 2.75) is 26.0 Å². The third-order valence-corrected chi connectivity index (χ3v) is 4.38. The fourth-order valence-electron chi connectivity index (χ4n) is 3.32. The van der Waals surface area contributed by atoms with Crippen molar-refractivity contribution >= 4 is 22.7 Å². The van der Waals surface area contributed by atoms with E-state index < -0.39 is 17.2 Å². The largest absolute Gasteiger partial charge is 0.464 e. The van der Waals surface area contributed by atoms with E-state index in [1.807, 2.05) is 18.2 Å². The minimum Gasteiger partial charge on any atom is -0.464 e. The predicted molar refractivity (Wildman–Crippen MR) is 92.3 cm³/mol. The predicted octanol–water partition coefficient (Wildman–Crippen LogP) is 2.43. The molecule has 26 heavy (non-hydrogen) atoms. The number of nitrogens with zero attached hydrogens (tertiary/aromatic N) is 2. The monoisotopic (exact) mass is 354 g/mol. The highest BCUT2D eigenvalue weighted by molar-refractivity contribution is 6.10. The van der Waals surface area contributed by atoms with Crippen LogP contribution in [0.3, 0.4) is 0 Å². The summed E-state index contributed by atoms with van der Waals surface area (Å²) in [5, 5.41) is 10.7. The maximum atomic E-state index is 12.9. The summed E-state index contributed by atoms with van der Waals surface area (Å²) in [4.78, 5) is 25.1. The van der Waals surface area contributed by atoms with E-state index in [0.29, 0.717) is 10.9 Å². The summed E-state index contributed by atoms with van der Waals surface area (Å²) in [5.41, 5.74) is -0.917. The van der Waals surface area contributed by atoms with Gasteiger partial charge < -0.3 is 14.2 Å². The molecule has 0 spiro atoms. The molecule has 0 amide bonds. The Morgan fingerprint density at radius 3 is 2.69 bits per heavy atom. The molecule has 1 aliphatic heterocycles. The first-order valence-electron chi connectivity index (χ1n) is 8.10. The van der Waals surface area contributed by atoms with Crippen LogP contribution in [0.15, 0.2) is 36.1 Å². The highest BCUT2D eigenvalue weighted by Crippen LogP contribution is 2.48. The summed E-state index contributed by atoms with van der Waals surface area (Å²) < 4.78 is 17.8. The van der Waals surface area contributed by atoms with Gasteiger partial charge >= 0.3 is 5.97 Å². The molecule has 0 saturated heterocycles. The maximum Gasteiger partial charge on any atom is 0.336 e. The molecule has 0 aliphatic carbocycles. The van der Waals surface area contributed by atoms with Crippen molar-refractivity contribution in [3.8, 4) is 11.9 Å². The zero-order valence-corrected chi connectivity index (χ0v) is 14.7. The number of esters is 1. The molecule has 0 fully saturated rings. The Labute approximate surface area is 150 Å². The Morgan fingerprint density at radius 1 is 1.35 bits per heavy atom. The second-order valence-electron chi connectivity index (χ2n) is 5.83. The number of carbonyl (C=O) groups excluding carboxylic acids is 2. The number of hydrogen-bond acceptors (Lipinski definition) is 6. The first-order valence-corrected chi connectivity index (χ1v) is 8.10. The Kier molecular flexibility index (Phi) is 4.53. The van der Waals surface area contributed by atoms with E-state index in [1.165, 1.54) is 14.0 Å². The fraction of sp³-hybridized carbons (Fsp3) is 0.316. The lowest BCUT2D eigenvalue weighted by Crippen LogP contribution is -2.42. The molecule has 0 bridgehead atoms. The summed E-state index contributed by atoms with van der Waals surface area (Å²) in [6.45, 7) is 3.18. The lowest BCUT2D eigenvalue weighted by atomic mass is 9.73. The quantitative estimate of drug-likeness (QED) is 0.766. The summed E-state index contributed by atoms with van der Waals surface area (Å²) in [6, 6.07) is 9.27. The van der Waals surface area contributed by atoms with Gasteiger partial charge in [-0.2, -0.15) is 5.26 Å². The van der Waals surface area contributed by atoms with Gasteiger partial charge in [0.25, 0.3) is 0 Å². The van der Waals surface area contributed by atoms with E-state index in [2.05, 4.69) is 0 Å². The van der Waals surface area contributed by atoms with Crippen LogP contribution in [0.4, 0.5) is 0 Å². The SMILES string of the molecule is CCOC(=O)C1(C#N)C(C(C)=O)=COc2c1c1ccccc1n2COC. The van der Waals surface area contributed by atoms with Crippen LogP contribution >= 0.6 is 0 Å².